The van der Waals surface area contributed by atoms with Gasteiger partial charge in [-0.2, -0.15) is 0 Å². The molecule has 2 nitrogen and oxygen atoms in total. The molecule has 0 unspecified atom stereocenters. The van der Waals surface area contributed by atoms with Crippen LogP contribution in [0.2, 0.25) is 5.02 Å². The molecule has 3 N–H and O–H groups in total. The molecule has 16 heavy (non-hydrogen) atoms. The molecule has 0 saturated carbocycles. The van der Waals surface area contributed by atoms with Gasteiger partial charge < -0.3 is 11.1 Å². The number of nitrogens with one attached hydrogen (secondary N) is 1. The van der Waals surface area contributed by atoms with E-state index in [2.05, 4.69) is 27.9 Å². The highest BCUT2D eigenvalue weighted by molar-refractivity contribution is 14.1. The lowest BCUT2D eigenvalue weighted by molar-refractivity contribution is 1.52. The number of hydrogen-bond donors (Lipinski definition) is 2. The molecule has 0 aliphatic carbocycles. The summed E-state index contributed by atoms with van der Waals surface area (Å²) in [5.74, 6) is 0. The van der Waals surface area contributed by atoms with Gasteiger partial charge in [-0.05, 0) is 65.1 Å². The van der Waals surface area contributed by atoms with Crippen molar-refractivity contribution in [3.8, 4) is 0 Å². The molecule has 0 saturated heterocycles. The van der Waals surface area contributed by atoms with Crippen LogP contribution in [0.3, 0.4) is 0 Å². The minimum Gasteiger partial charge on any atom is -0.399 e. The zero-order valence-corrected chi connectivity index (χ0v) is 11.3. The Morgan fingerprint density at radius 1 is 1.06 bits per heavy atom. The van der Waals surface area contributed by atoms with Crippen LogP contribution in [0.15, 0.2) is 42.5 Å². The third-order valence-electron chi connectivity index (χ3n) is 2.12. The molecule has 0 aliphatic rings. The number of hydrogen-bond acceptors (Lipinski definition) is 2. The van der Waals surface area contributed by atoms with Crippen LogP contribution in [-0.2, 0) is 0 Å². The van der Waals surface area contributed by atoms with Gasteiger partial charge in [0.2, 0.25) is 0 Å². The summed E-state index contributed by atoms with van der Waals surface area (Å²) in [6.07, 6.45) is 0. The van der Waals surface area contributed by atoms with Crippen molar-refractivity contribution in [2.45, 2.75) is 0 Å². The molecule has 0 amide bonds. The Hall–Kier alpha value is -0.940. The largest absolute Gasteiger partial charge is 0.399 e. The van der Waals surface area contributed by atoms with Gasteiger partial charge in [-0.25, -0.2) is 0 Å². The van der Waals surface area contributed by atoms with E-state index in [9.17, 15) is 0 Å². The van der Waals surface area contributed by atoms with E-state index in [0.717, 1.165) is 25.7 Å². The summed E-state index contributed by atoms with van der Waals surface area (Å²) in [7, 11) is 0. The summed E-state index contributed by atoms with van der Waals surface area (Å²) < 4.78 is 1.09. The Balaban J connectivity index is 2.23. The van der Waals surface area contributed by atoms with Crippen molar-refractivity contribution in [3.63, 3.8) is 0 Å². The number of rotatable bonds is 2. The van der Waals surface area contributed by atoms with Crippen molar-refractivity contribution < 1.29 is 0 Å². The maximum Gasteiger partial charge on any atom is 0.0520 e. The van der Waals surface area contributed by atoms with Gasteiger partial charge in [0, 0.05) is 20.0 Å². The molecular weight excluding hydrogens is 335 g/mol. The Bertz CT molecular complexity index is 497. The topological polar surface area (TPSA) is 38.0 Å². The molecule has 0 fully saturated rings. The van der Waals surface area contributed by atoms with Crippen LogP contribution in [0, 0.1) is 3.57 Å². The summed E-state index contributed by atoms with van der Waals surface area (Å²) in [5.41, 5.74) is 8.43. The highest BCUT2D eigenvalue weighted by atomic mass is 127. The fourth-order valence-electron chi connectivity index (χ4n) is 1.31. The van der Waals surface area contributed by atoms with Crippen LogP contribution in [0.25, 0.3) is 0 Å². The van der Waals surface area contributed by atoms with Gasteiger partial charge in [0.05, 0.1) is 5.69 Å². The Kier molecular flexibility index (Phi) is 3.56. The van der Waals surface area contributed by atoms with Gasteiger partial charge >= 0.3 is 0 Å². The molecular formula is C12H10ClIN2. The SMILES string of the molecule is Nc1ccc(Nc2ccc(Cl)cc2I)cc1. The van der Waals surface area contributed by atoms with E-state index in [0.29, 0.717) is 0 Å². The van der Waals surface area contributed by atoms with Gasteiger partial charge in [0.25, 0.3) is 0 Å². The second-order valence-electron chi connectivity index (χ2n) is 3.37. The fourth-order valence-corrected chi connectivity index (χ4v) is 2.32. The lowest BCUT2D eigenvalue weighted by atomic mass is 10.2. The summed E-state index contributed by atoms with van der Waals surface area (Å²) >= 11 is 8.14. The maximum absolute atomic E-state index is 5.89. The second kappa shape index (κ2) is 4.93. The summed E-state index contributed by atoms with van der Waals surface area (Å²) in [5, 5.41) is 4.05. The average Bonchev–Trinajstić information content (AvgIpc) is 2.25. The minimum absolute atomic E-state index is 0.743. The molecule has 0 bridgehead atoms. The van der Waals surface area contributed by atoms with Crippen molar-refractivity contribution in [1.29, 1.82) is 0 Å². The number of benzene rings is 2. The molecule has 0 aromatic heterocycles. The van der Waals surface area contributed by atoms with Gasteiger partial charge in [-0.1, -0.05) is 11.6 Å². The van der Waals surface area contributed by atoms with Crippen molar-refractivity contribution in [3.05, 3.63) is 51.1 Å². The molecule has 2 aromatic rings. The number of nitrogens with two attached hydrogens (primary N) is 1. The average molecular weight is 345 g/mol. The fraction of sp³-hybridized carbons (Fsp3) is 0. The normalized spacial score (nSPS) is 10.1. The van der Waals surface area contributed by atoms with Crippen LogP contribution < -0.4 is 11.1 Å². The summed E-state index contributed by atoms with van der Waals surface area (Å²) in [6, 6.07) is 13.4. The predicted octanol–water partition coefficient (Wildman–Crippen LogP) is 4.27. The quantitative estimate of drug-likeness (QED) is 0.631. The Labute approximate surface area is 113 Å². The van der Waals surface area contributed by atoms with Crippen LogP contribution in [0.1, 0.15) is 0 Å². The molecule has 82 valence electrons. The monoisotopic (exact) mass is 344 g/mol. The first kappa shape index (κ1) is 11.5. The lowest BCUT2D eigenvalue weighted by Crippen LogP contribution is -1.93. The van der Waals surface area contributed by atoms with Crippen LogP contribution in [0.4, 0.5) is 17.1 Å². The number of nitrogen functional groups attached to an aromatic ring is 1. The zero-order valence-electron chi connectivity index (χ0n) is 8.37. The van der Waals surface area contributed by atoms with Gasteiger partial charge in [-0.15, -0.1) is 0 Å². The highest BCUT2D eigenvalue weighted by Crippen LogP contribution is 2.25. The minimum atomic E-state index is 0.743. The maximum atomic E-state index is 5.89. The Morgan fingerprint density at radius 3 is 2.38 bits per heavy atom. The van der Waals surface area contributed by atoms with E-state index in [1.165, 1.54) is 0 Å². The standard InChI is InChI=1S/C12H10ClIN2/c13-8-1-6-12(11(14)7-8)16-10-4-2-9(15)3-5-10/h1-7,16H,15H2. The van der Waals surface area contributed by atoms with E-state index in [1.807, 2.05) is 42.5 Å². The molecule has 0 heterocycles. The number of halogens is 2. The predicted molar refractivity (Wildman–Crippen MR) is 78.3 cm³/mol. The first-order valence-electron chi connectivity index (χ1n) is 4.73. The van der Waals surface area contributed by atoms with Crippen molar-refractivity contribution in [2.24, 2.45) is 0 Å². The number of anilines is 3. The third-order valence-corrected chi connectivity index (χ3v) is 3.25. The van der Waals surface area contributed by atoms with Crippen LogP contribution >= 0.6 is 34.2 Å². The van der Waals surface area contributed by atoms with Crippen molar-refractivity contribution in [2.75, 3.05) is 11.1 Å². The molecule has 0 radical (unpaired) electrons. The smallest absolute Gasteiger partial charge is 0.0520 e. The van der Waals surface area contributed by atoms with E-state index in [4.69, 9.17) is 17.3 Å². The summed E-state index contributed by atoms with van der Waals surface area (Å²) in [4.78, 5) is 0. The molecule has 2 aromatic carbocycles. The summed E-state index contributed by atoms with van der Waals surface area (Å²) in [6.45, 7) is 0. The van der Waals surface area contributed by atoms with Crippen molar-refractivity contribution in [1.82, 2.24) is 0 Å². The van der Waals surface area contributed by atoms with Crippen LogP contribution in [0.5, 0.6) is 0 Å². The molecule has 0 spiro atoms. The Morgan fingerprint density at radius 2 is 1.75 bits per heavy atom. The third kappa shape index (κ3) is 2.80. The van der Waals surface area contributed by atoms with E-state index < -0.39 is 0 Å². The van der Waals surface area contributed by atoms with Gasteiger partial charge in [0.15, 0.2) is 0 Å². The van der Waals surface area contributed by atoms with E-state index in [-0.39, 0.29) is 0 Å². The molecule has 0 atom stereocenters. The van der Waals surface area contributed by atoms with Crippen LogP contribution in [-0.4, -0.2) is 0 Å². The van der Waals surface area contributed by atoms with E-state index >= 15 is 0 Å². The van der Waals surface area contributed by atoms with E-state index in [1.54, 1.807) is 0 Å². The lowest BCUT2D eigenvalue weighted by Gasteiger charge is -2.09. The molecule has 4 heteroatoms. The first-order valence-corrected chi connectivity index (χ1v) is 6.18. The molecule has 0 aliphatic heterocycles. The van der Waals surface area contributed by atoms with Gasteiger partial charge in [-0.3, -0.25) is 0 Å². The second-order valence-corrected chi connectivity index (χ2v) is 4.97. The van der Waals surface area contributed by atoms with Gasteiger partial charge in [0.1, 0.15) is 0 Å². The van der Waals surface area contributed by atoms with Crippen molar-refractivity contribution >= 4 is 51.3 Å². The highest BCUT2D eigenvalue weighted by Gasteiger charge is 2.00. The first-order chi connectivity index (χ1) is 7.65. The zero-order chi connectivity index (χ0) is 11.5. The molecule has 2 rings (SSSR count).